The fraction of sp³-hybridized carbons (Fsp3) is 0.250. The van der Waals surface area contributed by atoms with Crippen LogP contribution in [0.1, 0.15) is 16.7 Å². The maximum absolute atomic E-state index is 12.5. The summed E-state index contributed by atoms with van der Waals surface area (Å²) in [6, 6.07) is 3.53. The highest BCUT2D eigenvalue weighted by atomic mass is 79.9. The number of hydrogen-bond donors (Lipinski definition) is 0. The second-order valence-electron chi connectivity index (χ2n) is 3.99. The highest BCUT2D eigenvalue weighted by molar-refractivity contribution is 9.10. The fourth-order valence-corrected chi connectivity index (χ4v) is 2.05. The molecule has 0 spiro atoms. The predicted octanol–water partition coefficient (Wildman–Crippen LogP) is 4.27. The van der Waals surface area contributed by atoms with Gasteiger partial charge in [-0.25, -0.2) is 4.68 Å². The second-order valence-corrected chi connectivity index (χ2v) is 4.84. The molecule has 6 heteroatoms. The second kappa shape index (κ2) is 4.42. The summed E-state index contributed by atoms with van der Waals surface area (Å²) >= 11 is 3.38. The number of rotatable bonds is 1. The maximum Gasteiger partial charge on any atom is 0.419 e. The molecule has 0 amide bonds. The average Bonchev–Trinajstić information content (AvgIpc) is 2.75. The Hall–Kier alpha value is -1.30. The van der Waals surface area contributed by atoms with E-state index in [4.69, 9.17) is 0 Å². The van der Waals surface area contributed by atoms with Gasteiger partial charge in [0.25, 0.3) is 0 Å². The number of hydrogen-bond acceptors (Lipinski definition) is 1. The molecule has 2 aromatic rings. The SMILES string of the molecule is Cc1c(Br)ccc(-n2cc(C(F)(F)F)cn2)c1C. The van der Waals surface area contributed by atoms with Gasteiger partial charge in [0, 0.05) is 10.7 Å². The molecule has 2 rings (SSSR count). The van der Waals surface area contributed by atoms with Gasteiger partial charge in [-0.05, 0) is 37.1 Å². The third-order valence-electron chi connectivity index (χ3n) is 2.85. The zero-order valence-corrected chi connectivity index (χ0v) is 11.3. The lowest BCUT2D eigenvalue weighted by Gasteiger charge is -2.10. The maximum atomic E-state index is 12.5. The van der Waals surface area contributed by atoms with E-state index in [2.05, 4.69) is 21.0 Å². The molecule has 0 saturated heterocycles. The number of halogens is 4. The summed E-state index contributed by atoms with van der Waals surface area (Å²) in [5.74, 6) is 0. The first kappa shape index (κ1) is 13.1. The van der Waals surface area contributed by atoms with Crippen molar-refractivity contribution in [1.29, 1.82) is 0 Å². The van der Waals surface area contributed by atoms with Crippen molar-refractivity contribution in [2.45, 2.75) is 20.0 Å². The van der Waals surface area contributed by atoms with E-state index in [1.165, 1.54) is 4.68 Å². The molecule has 1 heterocycles. The van der Waals surface area contributed by atoms with Crippen LogP contribution in [0.2, 0.25) is 0 Å². The van der Waals surface area contributed by atoms with Gasteiger partial charge in [-0.1, -0.05) is 15.9 Å². The van der Waals surface area contributed by atoms with E-state index >= 15 is 0 Å². The van der Waals surface area contributed by atoms with E-state index in [0.717, 1.165) is 28.0 Å². The van der Waals surface area contributed by atoms with E-state index in [0.29, 0.717) is 5.69 Å². The average molecular weight is 319 g/mol. The molecule has 0 N–H and O–H groups in total. The Morgan fingerprint density at radius 3 is 2.39 bits per heavy atom. The topological polar surface area (TPSA) is 17.8 Å². The molecule has 0 unspecified atom stereocenters. The lowest BCUT2D eigenvalue weighted by Crippen LogP contribution is -2.03. The minimum atomic E-state index is -4.36. The minimum Gasteiger partial charge on any atom is -0.240 e. The molecule has 0 fully saturated rings. The number of aromatic nitrogens is 2. The van der Waals surface area contributed by atoms with Gasteiger partial charge in [0.1, 0.15) is 0 Å². The van der Waals surface area contributed by atoms with Gasteiger partial charge in [0.2, 0.25) is 0 Å². The van der Waals surface area contributed by atoms with Crippen molar-refractivity contribution < 1.29 is 13.2 Å². The van der Waals surface area contributed by atoms with Gasteiger partial charge in [-0.15, -0.1) is 0 Å². The van der Waals surface area contributed by atoms with Crippen molar-refractivity contribution in [3.8, 4) is 5.69 Å². The summed E-state index contributed by atoms with van der Waals surface area (Å²) in [6.07, 6.45) is -2.54. The van der Waals surface area contributed by atoms with Crippen LogP contribution in [0.5, 0.6) is 0 Å². The lowest BCUT2D eigenvalue weighted by molar-refractivity contribution is -0.137. The van der Waals surface area contributed by atoms with Gasteiger partial charge < -0.3 is 0 Å². The van der Waals surface area contributed by atoms with E-state index in [1.807, 2.05) is 13.8 Å². The normalized spacial score (nSPS) is 11.9. The first-order valence-electron chi connectivity index (χ1n) is 5.18. The van der Waals surface area contributed by atoms with Crippen LogP contribution in [0.25, 0.3) is 5.69 Å². The zero-order chi connectivity index (χ0) is 13.5. The quantitative estimate of drug-likeness (QED) is 0.767. The summed E-state index contributed by atoms with van der Waals surface area (Å²) < 4.78 is 39.7. The molecule has 1 aromatic heterocycles. The standard InChI is InChI=1S/C12H10BrF3N2/c1-7-8(2)11(4-3-10(7)13)18-6-9(5-17-18)12(14,15)16/h3-6H,1-2H3. The van der Waals surface area contributed by atoms with Crippen molar-refractivity contribution in [3.05, 3.63) is 45.7 Å². The third kappa shape index (κ3) is 2.29. The molecule has 0 atom stereocenters. The van der Waals surface area contributed by atoms with Crippen molar-refractivity contribution in [2.75, 3.05) is 0 Å². The number of alkyl halides is 3. The Morgan fingerprint density at radius 1 is 1.17 bits per heavy atom. The Bertz CT molecular complexity index is 587. The van der Waals surface area contributed by atoms with Crippen LogP contribution in [-0.2, 0) is 6.18 Å². The van der Waals surface area contributed by atoms with Crippen LogP contribution in [0.3, 0.4) is 0 Å². The highest BCUT2D eigenvalue weighted by Crippen LogP contribution is 2.30. The molecule has 0 aliphatic heterocycles. The molecule has 96 valence electrons. The zero-order valence-electron chi connectivity index (χ0n) is 9.72. The van der Waals surface area contributed by atoms with Crippen LogP contribution in [0, 0.1) is 13.8 Å². The van der Waals surface area contributed by atoms with E-state index in [9.17, 15) is 13.2 Å². The summed E-state index contributed by atoms with van der Waals surface area (Å²) in [5, 5.41) is 3.77. The van der Waals surface area contributed by atoms with E-state index in [1.54, 1.807) is 12.1 Å². The smallest absolute Gasteiger partial charge is 0.240 e. The van der Waals surface area contributed by atoms with Gasteiger partial charge in [0.15, 0.2) is 0 Å². The van der Waals surface area contributed by atoms with Gasteiger partial charge in [-0.3, -0.25) is 0 Å². The van der Waals surface area contributed by atoms with Crippen molar-refractivity contribution in [1.82, 2.24) is 9.78 Å². The first-order chi connectivity index (χ1) is 8.30. The van der Waals surface area contributed by atoms with Gasteiger partial charge >= 0.3 is 6.18 Å². The van der Waals surface area contributed by atoms with Gasteiger partial charge in [-0.2, -0.15) is 18.3 Å². The lowest BCUT2D eigenvalue weighted by atomic mass is 10.1. The van der Waals surface area contributed by atoms with Crippen molar-refractivity contribution >= 4 is 15.9 Å². The van der Waals surface area contributed by atoms with Crippen LogP contribution < -0.4 is 0 Å². The number of benzene rings is 1. The minimum absolute atomic E-state index is 0.645. The molecular formula is C12H10BrF3N2. The van der Waals surface area contributed by atoms with E-state index < -0.39 is 11.7 Å². The molecular weight excluding hydrogens is 309 g/mol. The molecule has 0 aliphatic carbocycles. The summed E-state index contributed by atoms with van der Waals surface area (Å²) in [4.78, 5) is 0. The van der Waals surface area contributed by atoms with Crippen LogP contribution in [-0.4, -0.2) is 9.78 Å². The molecule has 2 nitrogen and oxygen atoms in total. The summed E-state index contributed by atoms with van der Waals surface area (Å²) in [7, 11) is 0. The van der Waals surface area contributed by atoms with Crippen LogP contribution >= 0.6 is 15.9 Å². The van der Waals surface area contributed by atoms with Crippen LogP contribution in [0.15, 0.2) is 29.0 Å². The Balaban J connectivity index is 2.50. The Labute approximate surface area is 111 Å². The third-order valence-corrected chi connectivity index (χ3v) is 3.71. The Kier molecular flexibility index (Phi) is 3.23. The Morgan fingerprint density at radius 2 is 1.83 bits per heavy atom. The molecule has 1 aromatic carbocycles. The van der Waals surface area contributed by atoms with Gasteiger partial charge in [0.05, 0.1) is 17.4 Å². The highest BCUT2D eigenvalue weighted by Gasteiger charge is 2.32. The monoisotopic (exact) mass is 318 g/mol. The van der Waals surface area contributed by atoms with Crippen LogP contribution in [0.4, 0.5) is 13.2 Å². The first-order valence-corrected chi connectivity index (χ1v) is 5.98. The predicted molar refractivity (Wildman–Crippen MR) is 65.7 cm³/mol. The van der Waals surface area contributed by atoms with E-state index in [-0.39, 0.29) is 0 Å². The molecule has 0 bridgehead atoms. The fourth-order valence-electron chi connectivity index (χ4n) is 1.62. The van der Waals surface area contributed by atoms with Crippen molar-refractivity contribution in [3.63, 3.8) is 0 Å². The van der Waals surface area contributed by atoms with Crippen molar-refractivity contribution in [2.24, 2.45) is 0 Å². The molecule has 0 saturated carbocycles. The summed E-state index contributed by atoms with van der Waals surface area (Å²) in [6.45, 7) is 3.75. The molecule has 0 radical (unpaired) electrons. The molecule has 18 heavy (non-hydrogen) atoms. The number of nitrogens with zero attached hydrogens (tertiary/aromatic N) is 2. The largest absolute Gasteiger partial charge is 0.419 e. The molecule has 0 aliphatic rings. The summed E-state index contributed by atoms with van der Waals surface area (Å²) in [5.41, 5.74) is 1.77.